The number of hydrogen-bond acceptors (Lipinski definition) is 4. The average molecular weight is 198 g/mol. The molecule has 0 aromatic carbocycles. The molecule has 0 bridgehead atoms. The van der Waals surface area contributed by atoms with Crippen molar-refractivity contribution < 1.29 is 29.6 Å². The summed E-state index contributed by atoms with van der Waals surface area (Å²) >= 11 is 0. The second kappa shape index (κ2) is 3.80. The summed E-state index contributed by atoms with van der Waals surface area (Å²) in [7, 11) is 0. The molecule has 0 amide bonds. The summed E-state index contributed by atoms with van der Waals surface area (Å²) < 4.78 is 0. The molecule has 66 valence electrons. The summed E-state index contributed by atoms with van der Waals surface area (Å²) in [5, 5.41) is 21.6. The van der Waals surface area contributed by atoms with E-state index in [1.165, 1.54) is 17.7 Å². The fourth-order valence-electron chi connectivity index (χ4n) is 1.74. The Morgan fingerprint density at radius 3 is 3.00 bits per heavy atom. The molecule has 2 heterocycles. The van der Waals surface area contributed by atoms with Crippen molar-refractivity contribution in [2.24, 2.45) is 0 Å². The van der Waals surface area contributed by atoms with Gasteiger partial charge in [0.15, 0.2) is 0 Å². The van der Waals surface area contributed by atoms with Gasteiger partial charge in [-0.3, -0.25) is 15.4 Å². The molecule has 1 N–H and O–H groups in total. The monoisotopic (exact) mass is 198 g/mol. The largest absolute Gasteiger partial charge is 1.00 e. The van der Waals surface area contributed by atoms with Crippen molar-refractivity contribution in [2.45, 2.75) is 19.3 Å². The van der Waals surface area contributed by atoms with Crippen LogP contribution in [-0.2, 0) is 12.8 Å². The Hall–Kier alpha value is -0.720. The van der Waals surface area contributed by atoms with Crippen LogP contribution in [0.5, 0.6) is 0 Å². The molecule has 0 saturated heterocycles. The summed E-state index contributed by atoms with van der Waals surface area (Å²) in [4.78, 5) is 0. The maximum Gasteiger partial charge on any atom is 1.00 e. The number of nitrogens with one attached hydrogen (secondary N) is 1. The van der Waals surface area contributed by atoms with Gasteiger partial charge in [-0.05, 0) is 19.3 Å². The molecule has 0 aliphatic heterocycles. The molecule has 0 unspecified atom stereocenters. The maximum atomic E-state index is 4.15. The third-order valence-corrected chi connectivity index (χ3v) is 2.34. The molecule has 0 radical (unpaired) electrons. The zero-order chi connectivity index (χ0) is 8.67. The molecule has 1 aliphatic rings. The smallest absolute Gasteiger partial charge is 0.329 e. The van der Waals surface area contributed by atoms with Crippen molar-refractivity contribution in [3.63, 3.8) is 0 Å². The quantitative estimate of drug-likeness (QED) is 0.486. The second-order valence-electron chi connectivity index (χ2n) is 3.09. The molecule has 1 aliphatic carbocycles. The molecule has 2 aromatic rings. The molecule has 3 rings (SSSR count). The number of aryl methyl sites for hydroxylation is 1. The molecule has 14 heavy (non-hydrogen) atoms. The zero-order valence-electron chi connectivity index (χ0n) is 7.86. The number of nitrogens with zero attached hydrogens (tertiary/aromatic N) is 5. The third kappa shape index (κ3) is 1.39. The molecule has 0 atom stereocenters. The third-order valence-electron chi connectivity index (χ3n) is 2.34. The first-order valence-electron chi connectivity index (χ1n) is 4.20. The summed E-state index contributed by atoms with van der Waals surface area (Å²) in [6, 6.07) is 0. The van der Waals surface area contributed by atoms with E-state index in [9.17, 15) is 0 Å². The van der Waals surface area contributed by atoms with Crippen LogP contribution in [0.4, 0.5) is 0 Å². The number of H-pyrrole nitrogens is 1. The average Bonchev–Trinajstić information content (AvgIpc) is 2.79. The van der Waals surface area contributed by atoms with Crippen LogP contribution in [0.3, 0.4) is 0 Å². The number of tetrazole rings is 1. The van der Waals surface area contributed by atoms with Crippen LogP contribution in [0.2, 0.25) is 0 Å². The summed E-state index contributed by atoms with van der Waals surface area (Å²) in [6.45, 7) is 0. The van der Waals surface area contributed by atoms with Crippen molar-refractivity contribution >= 4 is 0 Å². The van der Waals surface area contributed by atoms with Gasteiger partial charge in [0.05, 0.1) is 5.82 Å². The van der Waals surface area contributed by atoms with Gasteiger partial charge in [-0.2, -0.15) is 10.3 Å². The predicted molar refractivity (Wildman–Crippen MR) is 42.8 cm³/mol. The van der Waals surface area contributed by atoms with Crippen LogP contribution in [0, 0.1) is 0 Å². The van der Waals surface area contributed by atoms with Crippen LogP contribution in [-0.4, -0.2) is 25.7 Å². The molecular formula is C7H7N6Na. The van der Waals surface area contributed by atoms with E-state index >= 15 is 0 Å². The Labute approximate surface area is 102 Å². The van der Waals surface area contributed by atoms with Crippen LogP contribution in [0.1, 0.15) is 17.7 Å². The predicted octanol–water partition coefficient (Wildman–Crippen LogP) is -3.29. The molecule has 2 aromatic heterocycles. The van der Waals surface area contributed by atoms with Gasteiger partial charge in [-0.15, -0.1) is 0 Å². The molecule has 7 heteroatoms. The number of rotatable bonds is 1. The Morgan fingerprint density at radius 1 is 1.29 bits per heavy atom. The van der Waals surface area contributed by atoms with Crippen LogP contribution in [0.25, 0.3) is 11.5 Å². The summed E-state index contributed by atoms with van der Waals surface area (Å²) in [5.74, 6) is 0.527. The van der Waals surface area contributed by atoms with Gasteiger partial charge in [0.2, 0.25) is 0 Å². The first kappa shape index (κ1) is 9.82. The van der Waals surface area contributed by atoms with E-state index in [1.54, 1.807) is 0 Å². The van der Waals surface area contributed by atoms with Gasteiger partial charge in [0, 0.05) is 11.3 Å². The van der Waals surface area contributed by atoms with Gasteiger partial charge in [-0.25, -0.2) is 0 Å². The molecule has 0 saturated carbocycles. The minimum Gasteiger partial charge on any atom is -0.329 e. The number of hydrogen-bond donors (Lipinski definition) is 1. The fourth-order valence-corrected chi connectivity index (χ4v) is 1.74. The van der Waals surface area contributed by atoms with E-state index in [4.69, 9.17) is 0 Å². The van der Waals surface area contributed by atoms with E-state index in [0.29, 0.717) is 5.82 Å². The van der Waals surface area contributed by atoms with Crippen LogP contribution >= 0.6 is 0 Å². The maximum absolute atomic E-state index is 4.15. The van der Waals surface area contributed by atoms with E-state index < -0.39 is 0 Å². The standard InChI is InChI=1S/C7H7N6.Na/c1-2-4-5(3-1)8-9-6(4)7-10-12-13-11-7;/h1-3H2,(H-,8,9,10,11,12,13);/q-1;+1. The first-order chi connectivity index (χ1) is 6.45. The Bertz CT molecular complexity index is 419. The minimum absolute atomic E-state index is 0. The van der Waals surface area contributed by atoms with Gasteiger partial charge in [0.1, 0.15) is 5.69 Å². The molecule has 0 fully saturated rings. The van der Waals surface area contributed by atoms with E-state index in [-0.39, 0.29) is 29.6 Å². The van der Waals surface area contributed by atoms with Gasteiger partial charge in [0.25, 0.3) is 0 Å². The number of aromatic nitrogens is 6. The summed E-state index contributed by atoms with van der Waals surface area (Å²) in [6.07, 6.45) is 3.30. The zero-order valence-corrected chi connectivity index (χ0v) is 9.86. The van der Waals surface area contributed by atoms with Gasteiger partial charge < -0.3 is 5.10 Å². The molecule has 0 spiro atoms. The Morgan fingerprint density at radius 2 is 2.21 bits per heavy atom. The molecular weight excluding hydrogens is 191 g/mol. The Kier molecular flexibility index (Phi) is 2.66. The van der Waals surface area contributed by atoms with Crippen molar-refractivity contribution in [3.05, 3.63) is 11.3 Å². The first-order valence-corrected chi connectivity index (χ1v) is 4.20. The normalized spacial score (nSPS) is 13.7. The fraction of sp³-hybridized carbons (Fsp3) is 0.429. The van der Waals surface area contributed by atoms with Crippen LogP contribution in [0.15, 0.2) is 0 Å². The Balaban J connectivity index is 0.000000750. The second-order valence-corrected chi connectivity index (χ2v) is 3.09. The molecule has 6 nitrogen and oxygen atoms in total. The van der Waals surface area contributed by atoms with Crippen molar-refractivity contribution in [3.8, 4) is 11.5 Å². The van der Waals surface area contributed by atoms with Crippen molar-refractivity contribution in [2.75, 3.05) is 0 Å². The number of fused-ring (bicyclic) bond motifs is 1. The van der Waals surface area contributed by atoms with Crippen molar-refractivity contribution in [1.82, 2.24) is 30.8 Å². The van der Waals surface area contributed by atoms with Gasteiger partial charge >= 0.3 is 29.6 Å². The number of aromatic amines is 1. The summed E-state index contributed by atoms with van der Waals surface area (Å²) in [5.41, 5.74) is 3.26. The topological polar surface area (TPSA) is 81.4 Å². The SMILES string of the molecule is C1Cc2[nH]nc(-c3nnn[n-]3)c2C1.[Na+]. The minimum atomic E-state index is 0. The van der Waals surface area contributed by atoms with E-state index in [0.717, 1.165) is 18.5 Å². The van der Waals surface area contributed by atoms with E-state index in [2.05, 4.69) is 30.8 Å². The van der Waals surface area contributed by atoms with Crippen molar-refractivity contribution in [1.29, 1.82) is 0 Å². The van der Waals surface area contributed by atoms with Gasteiger partial charge in [-0.1, -0.05) is 0 Å². The van der Waals surface area contributed by atoms with E-state index in [1.807, 2.05) is 0 Å². The van der Waals surface area contributed by atoms with Crippen LogP contribution < -0.4 is 34.7 Å².